The second-order valence-corrected chi connectivity index (χ2v) is 4.39. The minimum absolute atomic E-state index is 0.164. The molecule has 0 aromatic rings. The van der Waals surface area contributed by atoms with Crippen molar-refractivity contribution in [3.63, 3.8) is 0 Å². The van der Waals surface area contributed by atoms with E-state index in [4.69, 9.17) is 4.74 Å². The molecule has 96 valence electrons. The van der Waals surface area contributed by atoms with Crippen molar-refractivity contribution in [3.8, 4) is 0 Å². The van der Waals surface area contributed by atoms with Crippen LogP contribution < -0.4 is 5.32 Å². The van der Waals surface area contributed by atoms with Crippen molar-refractivity contribution in [2.45, 2.75) is 56.8 Å². The summed E-state index contributed by atoms with van der Waals surface area (Å²) >= 11 is 0. The minimum Gasteiger partial charge on any atom is -0.381 e. The van der Waals surface area contributed by atoms with E-state index < -0.39 is 12.6 Å². The largest absolute Gasteiger partial charge is 0.389 e. The Morgan fingerprint density at radius 1 is 1.31 bits per heavy atom. The predicted molar refractivity (Wildman–Crippen MR) is 56.3 cm³/mol. The number of rotatable bonds is 5. The van der Waals surface area contributed by atoms with Crippen LogP contribution in [0.2, 0.25) is 0 Å². The lowest BCUT2D eigenvalue weighted by Crippen LogP contribution is -2.37. The smallest absolute Gasteiger partial charge is 0.381 e. The van der Waals surface area contributed by atoms with Crippen LogP contribution >= 0.6 is 0 Å². The average Bonchev–Trinajstić information content (AvgIpc) is 2.23. The molecule has 0 aromatic heterocycles. The van der Waals surface area contributed by atoms with Crippen LogP contribution in [0.5, 0.6) is 0 Å². The zero-order valence-electron chi connectivity index (χ0n) is 9.65. The quantitative estimate of drug-likeness (QED) is 0.745. The summed E-state index contributed by atoms with van der Waals surface area (Å²) in [5.41, 5.74) is 0. The Morgan fingerprint density at radius 3 is 2.69 bits per heavy atom. The first-order valence-electron chi connectivity index (χ1n) is 5.84. The van der Waals surface area contributed by atoms with E-state index in [1.807, 2.05) is 0 Å². The molecular weight excluding hydrogens is 219 g/mol. The molecule has 1 N–H and O–H groups in total. The van der Waals surface area contributed by atoms with Gasteiger partial charge in [-0.1, -0.05) is 0 Å². The standard InChI is InChI=1S/C11H20F3NO/c1-16-10-5-2-4-9(8-10)15-7-3-6-11(12,13)14/h9-10,15H,2-8H2,1H3. The lowest BCUT2D eigenvalue weighted by molar-refractivity contribution is -0.135. The number of hydrogen-bond donors (Lipinski definition) is 1. The molecule has 5 heteroatoms. The van der Waals surface area contributed by atoms with E-state index in [9.17, 15) is 13.2 Å². The first kappa shape index (κ1) is 13.8. The zero-order valence-corrected chi connectivity index (χ0v) is 9.65. The summed E-state index contributed by atoms with van der Waals surface area (Å²) < 4.78 is 40.9. The van der Waals surface area contributed by atoms with E-state index in [-0.39, 0.29) is 12.5 Å². The van der Waals surface area contributed by atoms with Crippen LogP contribution in [0.1, 0.15) is 38.5 Å². The van der Waals surface area contributed by atoms with Crippen LogP contribution in [0.4, 0.5) is 13.2 Å². The molecule has 0 radical (unpaired) electrons. The Balaban J connectivity index is 2.08. The second-order valence-electron chi connectivity index (χ2n) is 4.39. The van der Waals surface area contributed by atoms with Gasteiger partial charge in [0.05, 0.1) is 6.10 Å². The third-order valence-corrected chi connectivity index (χ3v) is 3.03. The number of ether oxygens (including phenoxy) is 1. The van der Waals surface area contributed by atoms with Gasteiger partial charge in [0.1, 0.15) is 0 Å². The Kier molecular flexibility index (Phi) is 5.55. The van der Waals surface area contributed by atoms with Crippen molar-refractivity contribution < 1.29 is 17.9 Å². The van der Waals surface area contributed by atoms with Gasteiger partial charge in [0.25, 0.3) is 0 Å². The molecule has 1 rings (SSSR count). The molecule has 1 aliphatic rings. The molecule has 0 aliphatic heterocycles. The summed E-state index contributed by atoms with van der Waals surface area (Å²) in [4.78, 5) is 0. The molecule has 0 heterocycles. The number of nitrogens with one attached hydrogen (secondary N) is 1. The minimum atomic E-state index is -4.02. The van der Waals surface area contributed by atoms with Gasteiger partial charge in [-0.25, -0.2) is 0 Å². The van der Waals surface area contributed by atoms with Gasteiger partial charge in [0.15, 0.2) is 0 Å². The Bertz CT molecular complexity index is 196. The first-order valence-corrected chi connectivity index (χ1v) is 5.84. The topological polar surface area (TPSA) is 21.3 Å². The number of halogens is 3. The van der Waals surface area contributed by atoms with Crippen LogP contribution in [-0.4, -0.2) is 32.0 Å². The van der Waals surface area contributed by atoms with Gasteiger partial charge in [0, 0.05) is 19.6 Å². The van der Waals surface area contributed by atoms with Crippen LogP contribution in [0.25, 0.3) is 0 Å². The van der Waals surface area contributed by atoms with Crippen molar-refractivity contribution in [1.82, 2.24) is 5.32 Å². The third kappa shape index (κ3) is 5.70. The van der Waals surface area contributed by atoms with E-state index in [2.05, 4.69) is 5.32 Å². The van der Waals surface area contributed by atoms with Crippen LogP contribution in [0, 0.1) is 0 Å². The Morgan fingerprint density at radius 2 is 2.06 bits per heavy atom. The maximum absolute atomic E-state index is 11.9. The number of methoxy groups -OCH3 is 1. The van der Waals surface area contributed by atoms with Gasteiger partial charge >= 0.3 is 6.18 Å². The van der Waals surface area contributed by atoms with E-state index in [1.54, 1.807) is 7.11 Å². The van der Waals surface area contributed by atoms with Gasteiger partial charge in [-0.15, -0.1) is 0 Å². The monoisotopic (exact) mass is 239 g/mol. The summed E-state index contributed by atoms with van der Waals surface area (Å²) in [5, 5.41) is 3.18. The fraction of sp³-hybridized carbons (Fsp3) is 1.00. The van der Waals surface area contributed by atoms with Gasteiger partial charge in [-0.2, -0.15) is 13.2 Å². The average molecular weight is 239 g/mol. The Hall–Kier alpha value is -0.290. The van der Waals surface area contributed by atoms with E-state index in [0.717, 1.165) is 25.7 Å². The highest BCUT2D eigenvalue weighted by atomic mass is 19.4. The van der Waals surface area contributed by atoms with Gasteiger partial charge < -0.3 is 10.1 Å². The molecule has 0 amide bonds. The molecule has 2 nitrogen and oxygen atoms in total. The lowest BCUT2D eigenvalue weighted by Gasteiger charge is -2.29. The van der Waals surface area contributed by atoms with E-state index >= 15 is 0 Å². The molecule has 0 bridgehead atoms. The molecule has 1 aliphatic carbocycles. The van der Waals surface area contributed by atoms with E-state index in [0.29, 0.717) is 12.6 Å². The van der Waals surface area contributed by atoms with E-state index in [1.165, 1.54) is 0 Å². The normalized spacial score (nSPS) is 27.0. The molecule has 2 unspecified atom stereocenters. The molecule has 0 saturated heterocycles. The van der Waals surface area contributed by atoms with Crippen molar-refractivity contribution in [1.29, 1.82) is 0 Å². The molecule has 2 atom stereocenters. The maximum Gasteiger partial charge on any atom is 0.389 e. The molecule has 1 saturated carbocycles. The summed E-state index contributed by atoms with van der Waals surface area (Å²) in [6, 6.07) is 0.326. The second kappa shape index (κ2) is 6.45. The molecule has 1 fully saturated rings. The van der Waals surface area contributed by atoms with Gasteiger partial charge in [-0.3, -0.25) is 0 Å². The summed E-state index contributed by atoms with van der Waals surface area (Å²) in [5.74, 6) is 0. The highest BCUT2D eigenvalue weighted by Crippen LogP contribution is 2.22. The van der Waals surface area contributed by atoms with Crippen molar-refractivity contribution in [3.05, 3.63) is 0 Å². The summed E-state index contributed by atoms with van der Waals surface area (Å²) in [6.07, 6.45) is -0.156. The third-order valence-electron chi connectivity index (χ3n) is 3.03. The SMILES string of the molecule is COC1CCCC(NCCCC(F)(F)F)C1. The Labute approximate surface area is 94.5 Å². The summed E-state index contributed by atoms with van der Waals surface area (Å²) in [6.45, 7) is 0.445. The zero-order chi connectivity index (χ0) is 12.0. The van der Waals surface area contributed by atoms with Crippen LogP contribution in [0.3, 0.4) is 0 Å². The van der Waals surface area contributed by atoms with Crippen molar-refractivity contribution in [2.75, 3.05) is 13.7 Å². The molecule has 16 heavy (non-hydrogen) atoms. The molecular formula is C11H20F3NO. The first-order chi connectivity index (χ1) is 7.51. The number of hydrogen-bond acceptors (Lipinski definition) is 2. The highest BCUT2D eigenvalue weighted by Gasteiger charge is 2.26. The fourth-order valence-electron chi connectivity index (χ4n) is 2.14. The highest BCUT2D eigenvalue weighted by molar-refractivity contribution is 4.78. The van der Waals surface area contributed by atoms with Crippen LogP contribution in [-0.2, 0) is 4.74 Å². The molecule has 0 spiro atoms. The maximum atomic E-state index is 11.9. The van der Waals surface area contributed by atoms with Crippen molar-refractivity contribution >= 4 is 0 Å². The molecule has 0 aromatic carbocycles. The predicted octanol–water partition coefficient (Wildman–Crippen LogP) is 2.88. The fourth-order valence-corrected chi connectivity index (χ4v) is 2.14. The van der Waals surface area contributed by atoms with Crippen LogP contribution in [0.15, 0.2) is 0 Å². The van der Waals surface area contributed by atoms with Crippen molar-refractivity contribution in [2.24, 2.45) is 0 Å². The summed E-state index contributed by atoms with van der Waals surface area (Å²) in [7, 11) is 1.69. The number of alkyl halides is 3. The van der Waals surface area contributed by atoms with Gasteiger partial charge in [-0.05, 0) is 38.6 Å². The lowest BCUT2D eigenvalue weighted by atomic mass is 9.93. The van der Waals surface area contributed by atoms with Gasteiger partial charge in [0.2, 0.25) is 0 Å².